The molecule has 1 fully saturated rings. The molecule has 0 amide bonds. The highest BCUT2D eigenvalue weighted by atomic mass is 16.4. The molecule has 0 spiro atoms. The first-order valence-electron chi connectivity index (χ1n) is 9.13. The number of aliphatic hydroxyl groups excluding tert-OH is 2. The van der Waals surface area contributed by atoms with Crippen LogP contribution in [-0.4, -0.2) is 34.5 Å². The lowest BCUT2D eigenvalue weighted by molar-refractivity contribution is -0.137. The van der Waals surface area contributed by atoms with E-state index in [0.29, 0.717) is 17.4 Å². The molecule has 0 aliphatic heterocycles. The van der Waals surface area contributed by atoms with Gasteiger partial charge >= 0.3 is 5.97 Å². The van der Waals surface area contributed by atoms with Gasteiger partial charge in [-0.1, -0.05) is 32.9 Å². The van der Waals surface area contributed by atoms with Crippen molar-refractivity contribution in [2.45, 2.75) is 59.3 Å². The van der Waals surface area contributed by atoms with E-state index < -0.39 is 5.97 Å². The highest BCUT2D eigenvalue weighted by Crippen LogP contribution is 2.62. The molecule has 0 unspecified atom stereocenters. The van der Waals surface area contributed by atoms with Crippen LogP contribution in [0.3, 0.4) is 0 Å². The van der Waals surface area contributed by atoms with Gasteiger partial charge in [0.1, 0.15) is 0 Å². The predicted octanol–water partition coefficient (Wildman–Crippen LogP) is 3.54. The van der Waals surface area contributed by atoms with Crippen LogP contribution in [0.1, 0.15) is 59.3 Å². The molecule has 0 aromatic rings. The van der Waals surface area contributed by atoms with Crippen molar-refractivity contribution in [3.63, 3.8) is 0 Å². The third kappa shape index (κ3) is 3.31. The summed E-state index contributed by atoms with van der Waals surface area (Å²) < 4.78 is 0. The molecule has 4 nitrogen and oxygen atoms in total. The van der Waals surface area contributed by atoms with Crippen LogP contribution in [0, 0.1) is 22.7 Å². The Kier molecular flexibility index (Phi) is 5.92. The fourth-order valence-corrected chi connectivity index (χ4v) is 5.25. The number of carboxylic acid groups (broad SMARTS) is 1. The lowest BCUT2D eigenvalue weighted by Gasteiger charge is -2.57. The number of carboxylic acids is 1. The second-order valence-electron chi connectivity index (χ2n) is 8.12. The maximum Gasteiger partial charge on any atom is 0.331 e. The molecule has 3 N–H and O–H groups in total. The molecular formula is C20H32O4. The minimum Gasteiger partial charge on any atom is -0.478 e. The van der Waals surface area contributed by atoms with Gasteiger partial charge in [0.2, 0.25) is 0 Å². The predicted molar refractivity (Wildman–Crippen MR) is 94.5 cm³/mol. The summed E-state index contributed by atoms with van der Waals surface area (Å²) in [6.07, 6.45) is 9.15. The lowest BCUT2D eigenvalue weighted by Crippen LogP contribution is -2.51. The summed E-state index contributed by atoms with van der Waals surface area (Å²) in [6, 6.07) is 0. The van der Waals surface area contributed by atoms with Gasteiger partial charge in [0.05, 0.1) is 13.2 Å². The highest BCUT2D eigenvalue weighted by molar-refractivity contribution is 5.88. The van der Waals surface area contributed by atoms with E-state index in [-0.39, 0.29) is 24.0 Å². The summed E-state index contributed by atoms with van der Waals surface area (Å²) >= 11 is 0. The Morgan fingerprint density at radius 1 is 1.33 bits per heavy atom. The average molecular weight is 336 g/mol. The monoisotopic (exact) mass is 336 g/mol. The fourth-order valence-electron chi connectivity index (χ4n) is 5.25. The van der Waals surface area contributed by atoms with Crippen molar-refractivity contribution in [1.82, 2.24) is 0 Å². The number of hydrogen-bond acceptors (Lipinski definition) is 3. The highest BCUT2D eigenvalue weighted by Gasteiger charge is 2.55. The van der Waals surface area contributed by atoms with E-state index in [9.17, 15) is 15.0 Å². The van der Waals surface area contributed by atoms with E-state index >= 15 is 0 Å². The quantitative estimate of drug-likeness (QED) is 0.648. The SMILES string of the molecule is C[C@H]1CC[C@@]2(C)C(C(=O)O)=CCC[C@H]2[C@]1(C)CCC(=CCO)CO. The minimum atomic E-state index is -0.768. The topological polar surface area (TPSA) is 77.8 Å². The van der Waals surface area contributed by atoms with Gasteiger partial charge in [-0.25, -0.2) is 4.79 Å². The van der Waals surface area contributed by atoms with Crippen molar-refractivity contribution < 1.29 is 20.1 Å². The van der Waals surface area contributed by atoms with Crippen LogP contribution in [0.2, 0.25) is 0 Å². The molecule has 136 valence electrons. The van der Waals surface area contributed by atoms with Gasteiger partial charge in [-0.05, 0) is 61.3 Å². The van der Waals surface area contributed by atoms with Crippen LogP contribution in [0.5, 0.6) is 0 Å². The maximum absolute atomic E-state index is 11.8. The normalized spacial score (nSPS) is 36.9. The van der Waals surface area contributed by atoms with Crippen LogP contribution >= 0.6 is 0 Å². The van der Waals surface area contributed by atoms with Gasteiger partial charge in [0.15, 0.2) is 0 Å². The summed E-state index contributed by atoms with van der Waals surface area (Å²) in [5.41, 5.74) is 1.27. The van der Waals surface area contributed by atoms with Crippen LogP contribution in [0.4, 0.5) is 0 Å². The third-order valence-corrected chi connectivity index (χ3v) is 7.00. The summed E-state index contributed by atoms with van der Waals surface area (Å²) in [4.78, 5) is 11.8. The molecule has 0 bridgehead atoms. The molecule has 2 rings (SSSR count). The number of allylic oxidation sites excluding steroid dienone is 1. The number of rotatable bonds is 6. The van der Waals surface area contributed by atoms with Gasteiger partial charge in [-0.3, -0.25) is 0 Å². The molecule has 4 heteroatoms. The molecule has 24 heavy (non-hydrogen) atoms. The van der Waals surface area contributed by atoms with E-state index in [4.69, 9.17) is 5.11 Å². The lowest BCUT2D eigenvalue weighted by atomic mass is 9.46. The molecule has 2 aliphatic rings. The molecular weight excluding hydrogens is 304 g/mol. The summed E-state index contributed by atoms with van der Waals surface area (Å²) in [7, 11) is 0. The van der Waals surface area contributed by atoms with Crippen LogP contribution in [0.25, 0.3) is 0 Å². The number of hydrogen-bond donors (Lipinski definition) is 3. The standard InChI is InChI=1S/C20H32O4/c1-14-7-10-20(3)16(18(23)24)5-4-6-17(20)19(14,2)11-8-15(13-22)9-12-21/h5,9,14,17,21-22H,4,6-8,10-13H2,1-3H3,(H,23,24)/t14-,17-,19+,20-/m0/s1. The molecule has 0 aromatic carbocycles. The Morgan fingerprint density at radius 2 is 2.04 bits per heavy atom. The second kappa shape index (κ2) is 7.40. The van der Waals surface area contributed by atoms with E-state index in [1.54, 1.807) is 6.08 Å². The number of carbonyl (C=O) groups is 1. The van der Waals surface area contributed by atoms with Crippen molar-refractivity contribution in [1.29, 1.82) is 0 Å². The van der Waals surface area contributed by atoms with Crippen molar-refractivity contribution in [3.05, 3.63) is 23.3 Å². The Labute approximate surface area is 145 Å². The second-order valence-corrected chi connectivity index (χ2v) is 8.12. The largest absolute Gasteiger partial charge is 0.478 e. The molecule has 2 aliphatic carbocycles. The summed E-state index contributed by atoms with van der Waals surface area (Å²) in [6.45, 7) is 6.66. The zero-order chi connectivity index (χ0) is 18.0. The van der Waals surface area contributed by atoms with E-state index in [1.165, 1.54) is 0 Å². The van der Waals surface area contributed by atoms with E-state index in [0.717, 1.165) is 44.1 Å². The molecule has 0 heterocycles. The van der Waals surface area contributed by atoms with Gasteiger partial charge in [0, 0.05) is 11.0 Å². The molecule has 1 saturated carbocycles. The van der Waals surface area contributed by atoms with E-state index in [1.807, 2.05) is 6.08 Å². The zero-order valence-electron chi connectivity index (χ0n) is 15.2. The third-order valence-electron chi connectivity index (χ3n) is 7.00. The summed E-state index contributed by atoms with van der Waals surface area (Å²) in [5, 5.41) is 28.2. The van der Waals surface area contributed by atoms with Gasteiger partial charge in [-0.2, -0.15) is 0 Å². The zero-order valence-corrected chi connectivity index (χ0v) is 15.2. The number of aliphatic hydroxyl groups is 2. The first-order chi connectivity index (χ1) is 11.3. The molecule has 0 radical (unpaired) electrons. The van der Waals surface area contributed by atoms with Crippen molar-refractivity contribution in [2.75, 3.05) is 13.2 Å². The fraction of sp³-hybridized carbons (Fsp3) is 0.750. The molecule has 0 saturated heterocycles. The number of fused-ring (bicyclic) bond motifs is 1. The molecule has 4 atom stereocenters. The summed E-state index contributed by atoms with van der Waals surface area (Å²) in [5.74, 6) is 0.104. The molecule has 0 aromatic heterocycles. The Bertz CT molecular complexity index is 536. The Hall–Kier alpha value is -1.13. The Morgan fingerprint density at radius 3 is 2.62 bits per heavy atom. The van der Waals surface area contributed by atoms with Gasteiger partial charge in [0.25, 0.3) is 0 Å². The first kappa shape index (κ1) is 19.2. The van der Waals surface area contributed by atoms with Crippen LogP contribution < -0.4 is 0 Å². The van der Waals surface area contributed by atoms with Gasteiger partial charge in [-0.15, -0.1) is 0 Å². The van der Waals surface area contributed by atoms with Crippen molar-refractivity contribution in [2.24, 2.45) is 22.7 Å². The Balaban J connectivity index is 2.29. The first-order valence-corrected chi connectivity index (χ1v) is 9.13. The van der Waals surface area contributed by atoms with E-state index in [2.05, 4.69) is 20.8 Å². The maximum atomic E-state index is 11.8. The van der Waals surface area contributed by atoms with Crippen molar-refractivity contribution in [3.8, 4) is 0 Å². The van der Waals surface area contributed by atoms with Crippen LogP contribution in [0.15, 0.2) is 23.3 Å². The smallest absolute Gasteiger partial charge is 0.331 e. The average Bonchev–Trinajstić information content (AvgIpc) is 2.55. The van der Waals surface area contributed by atoms with Crippen molar-refractivity contribution >= 4 is 5.97 Å². The number of aliphatic carboxylic acids is 1. The minimum absolute atomic E-state index is 0.0206. The van der Waals surface area contributed by atoms with Crippen LogP contribution in [-0.2, 0) is 4.79 Å². The van der Waals surface area contributed by atoms with Gasteiger partial charge < -0.3 is 15.3 Å².